The van der Waals surface area contributed by atoms with Crippen LogP contribution in [0, 0.1) is 5.92 Å². The number of halogens is 6. The van der Waals surface area contributed by atoms with E-state index >= 15 is 0 Å². The number of nitrogens with two attached hydrogens (primary N) is 1. The Hall–Kier alpha value is -4.94. The molecule has 270 valence electrons. The maximum absolute atomic E-state index is 14.1. The minimum atomic E-state index is -5.00. The number of carbonyl (C=O) groups excluding carboxylic acids is 2. The molecule has 2 fully saturated rings. The summed E-state index contributed by atoms with van der Waals surface area (Å²) >= 11 is 0. The molecule has 2 aliphatic heterocycles. The number of anilines is 2. The number of hydrogen-bond donors (Lipinski definition) is 2. The number of likely N-dealkylation sites (tertiary alicyclic amines) is 1. The summed E-state index contributed by atoms with van der Waals surface area (Å²) in [4.78, 5) is 49.3. The molecule has 0 spiro atoms. The zero-order chi connectivity index (χ0) is 36.4. The molecule has 0 radical (unpaired) electrons. The first-order chi connectivity index (χ1) is 23.6. The Kier molecular flexibility index (Phi) is 10.5. The molecule has 13 nitrogen and oxygen atoms in total. The fourth-order valence-electron chi connectivity index (χ4n) is 6.02. The van der Waals surface area contributed by atoms with Gasteiger partial charge in [0.2, 0.25) is 11.9 Å². The van der Waals surface area contributed by atoms with E-state index in [-0.39, 0.29) is 51.6 Å². The number of alkyl halides is 6. The lowest BCUT2D eigenvalue weighted by atomic mass is 9.90. The van der Waals surface area contributed by atoms with Crippen molar-refractivity contribution < 1.29 is 45.4 Å². The standard InChI is InChI=1S/C31H34F6N8O5/c1-17(42-22-13-41-45(28(48)25(22)31(35,36)37)14-18-3-5-20(49-2)6-4-18)16-50-24-8-10-44(27(24)47)23-7-9-43(15-21(23)26(38)46)29-39-11-19(12-40-29)30(32,33)34/h3-6,11-13,17,21,23-24,42H,7-10,14-16H2,1-2H3,(H2,38,46). The number of rotatable bonds is 11. The van der Waals surface area contributed by atoms with Gasteiger partial charge in [0, 0.05) is 50.5 Å². The summed E-state index contributed by atoms with van der Waals surface area (Å²) in [5.74, 6) is -1.53. The lowest BCUT2D eigenvalue weighted by molar-refractivity contribution is -0.142. The van der Waals surface area contributed by atoms with Crippen molar-refractivity contribution in [1.82, 2.24) is 24.6 Å². The molecule has 0 bridgehead atoms. The fourth-order valence-corrected chi connectivity index (χ4v) is 6.02. The van der Waals surface area contributed by atoms with Gasteiger partial charge in [-0.15, -0.1) is 0 Å². The topological polar surface area (TPSA) is 158 Å². The van der Waals surface area contributed by atoms with Crippen LogP contribution in [0.1, 0.15) is 36.5 Å². The summed E-state index contributed by atoms with van der Waals surface area (Å²) in [5.41, 5.74) is 1.86. The molecule has 19 heteroatoms. The van der Waals surface area contributed by atoms with Crippen LogP contribution < -0.4 is 26.2 Å². The monoisotopic (exact) mass is 712 g/mol. The molecular formula is C31H34F6N8O5. The molecule has 4 atom stereocenters. The molecule has 4 unspecified atom stereocenters. The predicted octanol–water partition coefficient (Wildman–Crippen LogP) is 2.93. The van der Waals surface area contributed by atoms with Crippen molar-refractivity contribution in [3.63, 3.8) is 0 Å². The number of primary amides is 1. The van der Waals surface area contributed by atoms with Crippen LogP contribution in [0.25, 0.3) is 0 Å². The molecule has 4 heterocycles. The molecule has 2 saturated heterocycles. The van der Waals surface area contributed by atoms with Gasteiger partial charge in [-0.05, 0) is 31.0 Å². The van der Waals surface area contributed by atoms with Gasteiger partial charge in [-0.1, -0.05) is 12.1 Å². The van der Waals surface area contributed by atoms with E-state index in [9.17, 15) is 40.7 Å². The van der Waals surface area contributed by atoms with E-state index in [0.29, 0.717) is 28.4 Å². The number of hydrogen-bond acceptors (Lipinski definition) is 10. The lowest BCUT2D eigenvalue weighted by Gasteiger charge is -2.41. The van der Waals surface area contributed by atoms with E-state index in [0.717, 1.165) is 6.20 Å². The molecular weight excluding hydrogens is 678 g/mol. The van der Waals surface area contributed by atoms with Gasteiger partial charge in [-0.2, -0.15) is 31.4 Å². The molecule has 2 aliphatic rings. The van der Waals surface area contributed by atoms with Crippen LogP contribution in [0.2, 0.25) is 0 Å². The van der Waals surface area contributed by atoms with Crippen molar-refractivity contribution in [2.24, 2.45) is 11.7 Å². The second kappa shape index (κ2) is 14.5. The minimum absolute atomic E-state index is 0.0170. The van der Waals surface area contributed by atoms with Crippen molar-refractivity contribution in [1.29, 1.82) is 0 Å². The lowest BCUT2D eigenvalue weighted by Crippen LogP contribution is -2.56. The van der Waals surface area contributed by atoms with E-state index < -0.39 is 70.6 Å². The number of benzene rings is 1. The van der Waals surface area contributed by atoms with Crippen LogP contribution in [0.15, 0.2) is 47.7 Å². The number of nitrogens with zero attached hydrogens (tertiary/aromatic N) is 6. The molecule has 2 amide bonds. The minimum Gasteiger partial charge on any atom is -0.497 e. The molecule has 3 N–H and O–H groups in total. The average Bonchev–Trinajstić information content (AvgIpc) is 3.43. The number of nitrogens with one attached hydrogen (secondary N) is 1. The Bertz CT molecular complexity index is 1740. The highest BCUT2D eigenvalue weighted by molar-refractivity contribution is 5.85. The fraction of sp³-hybridized carbons (Fsp3) is 0.484. The SMILES string of the molecule is COc1ccc(Cn2ncc(NC(C)COC3CCN(C4CCN(c5ncc(C(F)(F)F)cn5)CC4C(N)=O)C3=O)c(C(F)(F)F)c2=O)cc1. The van der Waals surface area contributed by atoms with Crippen molar-refractivity contribution in [3.8, 4) is 5.75 Å². The number of methoxy groups -OCH3 is 1. The zero-order valence-electron chi connectivity index (χ0n) is 26.9. The summed E-state index contributed by atoms with van der Waals surface area (Å²) < 4.78 is 92.6. The second-order valence-electron chi connectivity index (χ2n) is 12.0. The molecule has 0 saturated carbocycles. The Labute approximate surface area is 281 Å². The smallest absolute Gasteiger partial charge is 0.423 e. The van der Waals surface area contributed by atoms with Crippen LogP contribution in [0.3, 0.4) is 0 Å². The third-order valence-electron chi connectivity index (χ3n) is 8.55. The van der Waals surface area contributed by atoms with Crippen LogP contribution in [-0.2, 0) is 33.2 Å². The highest BCUT2D eigenvalue weighted by Gasteiger charge is 2.44. The predicted molar refractivity (Wildman–Crippen MR) is 165 cm³/mol. The first-order valence-electron chi connectivity index (χ1n) is 15.5. The van der Waals surface area contributed by atoms with Crippen LogP contribution >= 0.6 is 0 Å². The Morgan fingerprint density at radius 1 is 1.02 bits per heavy atom. The summed E-state index contributed by atoms with van der Waals surface area (Å²) in [6.07, 6.45) is -7.89. The van der Waals surface area contributed by atoms with Gasteiger partial charge in [-0.3, -0.25) is 14.4 Å². The quantitative estimate of drug-likeness (QED) is 0.284. The molecule has 3 aromatic rings. The number of piperidine rings is 1. The van der Waals surface area contributed by atoms with E-state index in [4.69, 9.17) is 15.2 Å². The summed E-state index contributed by atoms with van der Waals surface area (Å²) in [7, 11) is 1.47. The summed E-state index contributed by atoms with van der Waals surface area (Å²) in [6, 6.07) is 5.01. The Morgan fingerprint density at radius 2 is 1.70 bits per heavy atom. The first kappa shape index (κ1) is 36.3. The Morgan fingerprint density at radius 3 is 2.30 bits per heavy atom. The average molecular weight is 713 g/mol. The van der Waals surface area contributed by atoms with Crippen molar-refractivity contribution in [3.05, 3.63) is 69.9 Å². The van der Waals surface area contributed by atoms with Gasteiger partial charge in [0.25, 0.3) is 11.5 Å². The van der Waals surface area contributed by atoms with E-state index in [1.165, 1.54) is 23.8 Å². The van der Waals surface area contributed by atoms with E-state index in [2.05, 4.69) is 20.4 Å². The second-order valence-corrected chi connectivity index (χ2v) is 12.0. The molecule has 0 aliphatic carbocycles. The van der Waals surface area contributed by atoms with E-state index in [1.54, 1.807) is 24.3 Å². The summed E-state index contributed by atoms with van der Waals surface area (Å²) in [6.45, 7) is 1.51. The Balaban J connectivity index is 1.20. The third kappa shape index (κ3) is 8.09. The van der Waals surface area contributed by atoms with Crippen molar-refractivity contribution in [2.75, 3.05) is 43.6 Å². The number of amides is 2. The maximum atomic E-state index is 14.1. The zero-order valence-corrected chi connectivity index (χ0v) is 26.9. The first-order valence-corrected chi connectivity index (χ1v) is 15.5. The number of aromatic nitrogens is 4. The molecule has 2 aromatic heterocycles. The van der Waals surface area contributed by atoms with Gasteiger partial charge in [-0.25, -0.2) is 14.6 Å². The van der Waals surface area contributed by atoms with Gasteiger partial charge in [0.15, 0.2) is 0 Å². The van der Waals surface area contributed by atoms with Gasteiger partial charge in [0.1, 0.15) is 17.4 Å². The van der Waals surface area contributed by atoms with Gasteiger partial charge in [0.05, 0.1) is 43.6 Å². The molecule has 1 aromatic carbocycles. The van der Waals surface area contributed by atoms with Crippen LogP contribution in [0.5, 0.6) is 5.75 Å². The third-order valence-corrected chi connectivity index (χ3v) is 8.55. The maximum Gasteiger partial charge on any atom is 0.423 e. The summed E-state index contributed by atoms with van der Waals surface area (Å²) in [5, 5.41) is 6.56. The number of carbonyl (C=O) groups is 2. The highest BCUT2D eigenvalue weighted by atomic mass is 19.4. The highest BCUT2D eigenvalue weighted by Crippen LogP contribution is 2.33. The van der Waals surface area contributed by atoms with Gasteiger partial charge >= 0.3 is 12.4 Å². The largest absolute Gasteiger partial charge is 0.497 e. The van der Waals surface area contributed by atoms with Crippen LogP contribution in [0.4, 0.5) is 38.0 Å². The molecule has 5 rings (SSSR count). The van der Waals surface area contributed by atoms with Crippen LogP contribution in [-0.4, -0.2) is 88.0 Å². The van der Waals surface area contributed by atoms with Crippen molar-refractivity contribution in [2.45, 2.75) is 56.9 Å². The number of ether oxygens (including phenoxy) is 2. The van der Waals surface area contributed by atoms with Gasteiger partial charge < -0.3 is 30.3 Å². The molecule has 50 heavy (non-hydrogen) atoms. The van der Waals surface area contributed by atoms with E-state index in [1.807, 2.05) is 0 Å². The van der Waals surface area contributed by atoms with Crippen molar-refractivity contribution >= 4 is 23.5 Å². The normalized spacial score (nSPS) is 20.6.